The van der Waals surface area contributed by atoms with Gasteiger partial charge in [0.1, 0.15) is 5.75 Å². The number of benzene rings is 1. The second kappa shape index (κ2) is 8.78. The Morgan fingerprint density at radius 3 is 2.65 bits per heavy atom. The summed E-state index contributed by atoms with van der Waals surface area (Å²) in [6, 6.07) is 3.33. The number of carbonyl (C=O) groups is 2. The molecule has 1 aliphatic carbocycles. The largest absolute Gasteiger partial charge is 0.479 e. The van der Waals surface area contributed by atoms with E-state index < -0.39 is 16.1 Å². The van der Waals surface area contributed by atoms with Crippen LogP contribution in [0.2, 0.25) is 0 Å². The van der Waals surface area contributed by atoms with Crippen LogP contribution in [0.3, 0.4) is 0 Å². The number of ether oxygens (including phenoxy) is 1. The number of piperidine rings is 1. The van der Waals surface area contributed by atoms with Crippen molar-refractivity contribution >= 4 is 27.5 Å². The molecule has 1 aromatic carbocycles. The lowest BCUT2D eigenvalue weighted by Crippen LogP contribution is -2.48. The van der Waals surface area contributed by atoms with Gasteiger partial charge in [-0.1, -0.05) is 19.3 Å². The molecule has 2 aliphatic heterocycles. The topological polar surface area (TPSA) is 105 Å². The molecule has 1 saturated heterocycles. The zero-order valence-corrected chi connectivity index (χ0v) is 19.0. The highest BCUT2D eigenvalue weighted by Crippen LogP contribution is 2.36. The summed E-state index contributed by atoms with van der Waals surface area (Å²) < 4.78 is 33.9. The minimum atomic E-state index is -3.80. The molecule has 170 valence electrons. The number of hydrogen-bond acceptors (Lipinski definition) is 5. The molecule has 2 heterocycles. The molecule has 9 heteroatoms. The van der Waals surface area contributed by atoms with Gasteiger partial charge in [0.25, 0.3) is 5.91 Å². The Kier molecular flexibility index (Phi) is 6.25. The van der Waals surface area contributed by atoms with Crippen molar-refractivity contribution in [3.8, 4) is 5.75 Å². The maximum Gasteiger partial charge on any atom is 0.265 e. The number of fused-ring (bicyclic) bond motifs is 1. The van der Waals surface area contributed by atoms with E-state index in [1.807, 2.05) is 0 Å². The van der Waals surface area contributed by atoms with E-state index in [1.54, 1.807) is 19.9 Å². The van der Waals surface area contributed by atoms with Gasteiger partial charge in [0, 0.05) is 25.2 Å². The fraction of sp³-hybridized carbons (Fsp3) is 0.636. The van der Waals surface area contributed by atoms with Crippen LogP contribution in [0.1, 0.15) is 57.4 Å². The average molecular weight is 450 g/mol. The molecule has 2 amide bonds. The zero-order valence-electron chi connectivity index (χ0n) is 18.1. The normalized spacial score (nSPS) is 25.3. The van der Waals surface area contributed by atoms with Crippen LogP contribution in [0.25, 0.3) is 0 Å². The Morgan fingerprint density at radius 1 is 1.16 bits per heavy atom. The van der Waals surface area contributed by atoms with Gasteiger partial charge in [0.15, 0.2) is 6.10 Å². The maximum absolute atomic E-state index is 13.4. The molecule has 3 aliphatic rings. The van der Waals surface area contributed by atoms with Gasteiger partial charge in [-0.15, -0.1) is 0 Å². The first-order valence-corrected chi connectivity index (χ1v) is 12.6. The van der Waals surface area contributed by atoms with Crippen molar-refractivity contribution < 1.29 is 22.7 Å². The summed E-state index contributed by atoms with van der Waals surface area (Å²) in [6.07, 6.45) is 6.15. The van der Waals surface area contributed by atoms with Gasteiger partial charge in [-0.2, -0.15) is 4.31 Å². The molecule has 31 heavy (non-hydrogen) atoms. The van der Waals surface area contributed by atoms with Crippen molar-refractivity contribution in [1.82, 2.24) is 9.62 Å². The number of hydrogen-bond donors (Lipinski definition) is 2. The van der Waals surface area contributed by atoms with E-state index >= 15 is 0 Å². The smallest absolute Gasteiger partial charge is 0.265 e. The standard InChI is InChI=1S/C22H31N3O5S/c1-14-11-18-19(30-15(2)21(26)24-18)12-20(14)31(28,29)25-10-6-7-16(13-25)22(27)23-17-8-4-3-5-9-17/h11-12,15-17H,3-10,13H2,1-2H3,(H,23,27)(H,24,26). The summed E-state index contributed by atoms with van der Waals surface area (Å²) in [6.45, 7) is 3.90. The minimum Gasteiger partial charge on any atom is -0.479 e. The second-order valence-corrected chi connectivity index (χ2v) is 10.8. The first-order chi connectivity index (χ1) is 14.8. The Bertz CT molecular complexity index is 972. The van der Waals surface area contributed by atoms with E-state index in [1.165, 1.54) is 16.8 Å². The molecule has 8 nitrogen and oxygen atoms in total. The van der Waals surface area contributed by atoms with Crippen LogP contribution >= 0.6 is 0 Å². The van der Waals surface area contributed by atoms with Crippen LogP contribution in [-0.2, 0) is 19.6 Å². The van der Waals surface area contributed by atoms with Gasteiger partial charge >= 0.3 is 0 Å². The third-order valence-electron chi connectivity index (χ3n) is 6.53. The highest BCUT2D eigenvalue weighted by atomic mass is 32.2. The predicted octanol–water partition coefficient (Wildman–Crippen LogP) is 2.56. The van der Waals surface area contributed by atoms with E-state index in [4.69, 9.17) is 4.74 Å². The van der Waals surface area contributed by atoms with Gasteiger partial charge in [-0.3, -0.25) is 9.59 Å². The molecular formula is C22H31N3O5S. The van der Waals surface area contributed by atoms with Crippen molar-refractivity contribution in [2.45, 2.75) is 75.8 Å². The van der Waals surface area contributed by atoms with Crippen LogP contribution in [0.5, 0.6) is 5.75 Å². The lowest BCUT2D eigenvalue weighted by Gasteiger charge is -2.33. The van der Waals surface area contributed by atoms with Gasteiger partial charge < -0.3 is 15.4 Å². The van der Waals surface area contributed by atoms with Gasteiger partial charge in [0.05, 0.1) is 16.5 Å². The number of nitrogens with zero attached hydrogens (tertiary/aromatic N) is 1. The lowest BCUT2D eigenvalue weighted by molar-refractivity contribution is -0.127. The molecule has 2 unspecified atom stereocenters. The van der Waals surface area contributed by atoms with Gasteiger partial charge in [-0.05, 0) is 51.2 Å². The number of amides is 2. The number of nitrogens with one attached hydrogen (secondary N) is 2. The Labute approximate surface area is 183 Å². The van der Waals surface area contributed by atoms with Gasteiger partial charge in [0.2, 0.25) is 15.9 Å². The molecule has 4 rings (SSSR count). The first-order valence-electron chi connectivity index (χ1n) is 11.2. The maximum atomic E-state index is 13.4. The zero-order chi connectivity index (χ0) is 22.2. The van der Waals surface area contributed by atoms with Crippen LogP contribution in [-0.4, -0.2) is 49.8 Å². The van der Waals surface area contributed by atoms with Crippen LogP contribution in [0, 0.1) is 12.8 Å². The van der Waals surface area contributed by atoms with Crippen molar-refractivity contribution in [1.29, 1.82) is 0 Å². The fourth-order valence-electron chi connectivity index (χ4n) is 4.70. The number of aryl methyl sites for hydroxylation is 1. The quantitative estimate of drug-likeness (QED) is 0.735. The summed E-state index contributed by atoms with van der Waals surface area (Å²) in [5.41, 5.74) is 1.01. The van der Waals surface area contributed by atoms with E-state index in [-0.39, 0.29) is 35.2 Å². The molecule has 2 N–H and O–H groups in total. The summed E-state index contributed by atoms with van der Waals surface area (Å²) in [5, 5.41) is 5.89. The van der Waals surface area contributed by atoms with Crippen molar-refractivity contribution in [3.63, 3.8) is 0 Å². The fourth-order valence-corrected chi connectivity index (χ4v) is 6.45. The number of anilines is 1. The highest BCUT2D eigenvalue weighted by Gasteiger charge is 2.36. The highest BCUT2D eigenvalue weighted by molar-refractivity contribution is 7.89. The third-order valence-corrected chi connectivity index (χ3v) is 8.54. The van der Waals surface area contributed by atoms with Crippen molar-refractivity contribution in [3.05, 3.63) is 17.7 Å². The molecule has 0 aromatic heterocycles. The number of sulfonamides is 1. The van der Waals surface area contributed by atoms with E-state index in [2.05, 4.69) is 10.6 Å². The van der Waals surface area contributed by atoms with Crippen LogP contribution in [0.15, 0.2) is 17.0 Å². The Balaban J connectivity index is 1.51. The molecule has 2 atom stereocenters. The molecule has 0 spiro atoms. The number of rotatable bonds is 4. The third kappa shape index (κ3) is 4.57. The SMILES string of the molecule is Cc1cc2c(cc1S(=O)(=O)N1CCCC(C(=O)NC3CCCCC3)C1)OC(C)C(=O)N2. The monoisotopic (exact) mass is 449 g/mol. The second-order valence-electron chi connectivity index (χ2n) is 8.91. The van der Waals surface area contributed by atoms with Crippen molar-refractivity contribution in [2.24, 2.45) is 5.92 Å². The summed E-state index contributed by atoms with van der Waals surface area (Å²) in [4.78, 5) is 24.8. The Morgan fingerprint density at radius 2 is 1.90 bits per heavy atom. The summed E-state index contributed by atoms with van der Waals surface area (Å²) in [7, 11) is -3.80. The van der Waals surface area contributed by atoms with Crippen molar-refractivity contribution in [2.75, 3.05) is 18.4 Å². The minimum absolute atomic E-state index is 0.0335. The lowest BCUT2D eigenvalue weighted by atomic mass is 9.93. The van der Waals surface area contributed by atoms with E-state index in [0.717, 1.165) is 25.7 Å². The summed E-state index contributed by atoms with van der Waals surface area (Å²) in [5.74, 6) is -0.280. The molecule has 0 bridgehead atoms. The molecule has 2 fully saturated rings. The molecule has 1 saturated carbocycles. The summed E-state index contributed by atoms with van der Waals surface area (Å²) >= 11 is 0. The molecular weight excluding hydrogens is 418 g/mol. The van der Waals surface area contributed by atoms with E-state index in [9.17, 15) is 18.0 Å². The first kappa shape index (κ1) is 22.1. The molecule has 1 aromatic rings. The number of carbonyl (C=O) groups excluding carboxylic acids is 2. The molecule has 0 radical (unpaired) electrons. The van der Waals surface area contributed by atoms with Crippen LogP contribution < -0.4 is 15.4 Å². The van der Waals surface area contributed by atoms with E-state index in [0.29, 0.717) is 36.4 Å². The van der Waals surface area contributed by atoms with Gasteiger partial charge in [-0.25, -0.2) is 8.42 Å². The van der Waals surface area contributed by atoms with Crippen LogP contribution in [0.4, 0.5) is 5.69 Å². The Hall–Kier alpha value is -2.13. The average Bonchev–Trinajstić information content (AvgIpc) is 2.75. The predicted molar refractivity (Wildman–Crippen MR) is 116 cm³/mol.